The molecule has 0 bridgehead atoms. The second-order valence-corrected chi connectivity index (χ2v) is 9.00. The molecule has 5 rings (SSSR count). The van der Waals surface area contributed by atoms with Gasteiger partial charge in [0.15, 0.2) is 5.11 Å². The highest BCUT2D eigenvalue weighted by molar-refractivity contribution is 7.80. The average molecular weight is 489 g/mol. The van der Waals surface area contributed by atoms with Crippen molar-refractivity contribution in [2.45, 2.75) is 18.5 Å². The largest absolute Gasteiger partial charge is 0.459 e. The number of aromatic nitrogens is 1. The Morgan fingerprint density at radius 1 is 0.971 bits per heavy atom. The average Bonchev–Trinajstić information content (AvgIpc) is 3.48. The van der Waals surface area contributed by atoms with Crippen molar-refractivity contribution in [3.63, 3.8) is 0 Å². The van der Waals surface area contributed by atoms with Crippen LogP contribution in [0.5, 0.6) is 0 Å². The lowest BCUT2D eigenvalue weighted by Crippen LogP contribution is -2.31. The molecule has 1 aliphatic rings. The smallest absolute Gasteiger partial charge is 0.170 e. The molecule has 2 aromatic heterocycles. The van der Waals surface area contributed by atoms with Gasteiger partial charge in [-0.3, -0.25) is 4.98 Å². The Kier molecular flexibility index (Phi) is 6.79. The number of rotatable bonds is 8. The van der Waals surface area contributed by atoms with E-state index in [2.05, 4.69) is 32.7 Å². The highest BCUT2D eigenvalue weighted by atomic mass is 35.5. The number of anilines is 1. The van der Waals surface area contributed by atoms with Crippen LogP contribution >= 0.6 is 23.8 Å². The number of para-hydroxylation sites is 1. The molecule has 2 N–H and O–H groups in total. The lowest BCUT2D eigenvalue weighted by Gasteiger charge is -2.26. The number of nitrogens with zero attached hydrogens (tertiary/aromatic N) is 2. The Morgan fingerprint density at radius 2 is 1.76 bits per heavy atom. The van der Waals surface area contributed by atoms with Crippen LogP contribution in [0.4, 0.5) is 5.69 Å². The number of halogens is 1. The summed E-state index contributed by atoms with van der Waals surface area (Å²) in [6, 6.07) is 27.7. The van der Waals surface area contributed by atoms with E-state index in [1.165, 1.54) is 0 Å². The van der Waals surface area contributed by atoms with E-state index in [1.807, 2.05) is 79.0 Å². The Labute approximate surface area is 209 Å². The molecular weight excluding hydrogens is 464 g/mol. The molecular formula is C27H25ClN4OS. The summed E-state index contributed by atoms with van der Waals surface area (Å²) in [7, 11) is 0. The summed E-state index contributed by atoms with van der Waals surface area (Å²) in [5.41, 5.74) is 3.03. The maximum Gasteiger partial charge on any atom is 0.170 e. The molecule has 1 saturated heterocycles. The number of hydrogen-bond acceptors (Lipinski definition) is 4. The normalized spacial score (nSPS) is 17.6. The van der Waals surface area contributed by atoms with Gasteiger partial charge in [-0.2, -0.15) is 0 Å². The zero-order chi connectivity index (χ0) is 23.3. The fourth-order valence-corrected chi connectivity index (χ4v) is 4.73. The fourth-order valence-electron chi connectivity index (χ4n) is 4.27. The van der Waals surface area contributed by atoms with Crippen molar-refractivity contribution in [3.8, 4) is 11.3 Å². The molecule has 0 radical (unpaired) electrons. The van der Waals surface area contributed by atoms with E-state index < -0.39 is 0 Å². The second kappa shape index (κ2) is 10.3. The van der Waals surface area contributed by atoms with Crippen molar-refractivity contribution >= 4 is 34.6 Å². The molecule has 7 heteroatoms. The maximum absolute atomic E-state index is 6.37. The molecule has 34 heavy (non-hydrogen) atoms. The monoisotopic (exact) mass is 488 g/mol. The van der Waals surface area contributed by atoms with Crippen molar-refractivity contribution in [2.75, 3.05) is 18.4 Å². The first-order chi connectivity index (χ1) is 16.7. The van der Waals surface area contributed by atoms with Crippen molar-refractivity contribution in [1.82, 2.24) is 15.2 Å². The van der Waals surface area contributed by atoms with Crippen LogP contribution in [0.2, 0.25) is 5.02 Å². The van der Waals surface area contributed by atoms with Gasteiger partial charge in [0, 0.05) is 35.6 Å². The highest BCUT2D eigenvalue weighted by Crippen LogP contribution is 2.40. The number of hydrogen-bond donors (Lipinski definition) is 2. The fraction of sp³-hybridized carbons (Fsp3) is 0.185. The van der Waals surface area contributed by atoms with Crippen LogP contribution < -0.4 is 10.6 Å². The van der Waals surface area contributed by atoms with E-state index in [4.69, 9.17) is 28.2 Å². The molecule has 1 aliphatic heterocycles. The van der Waals surface area contributed by atoms with Gasteiger partial charge in [-0.25, -0.2) is 0 Å². The molecule has 3 heterocycles. The number of nitrogens with one attached hydrogen (secondary N) is 2. The summed E-state index contributed by atoms with van der Waals surface area (Å²) in [5, 5.41) is 8.37. The molecule has 1 fully saturated rings. The van der Waals surface area contributed by atoms with E-state index in [0.29, 0.717) is 10.1 Å². The Hall–Kier alpha value is -3.35. The van der Waals surface area contributed by atoms with Gasteiger partial charge >= 0.3 is 0 Å². The van der Waals surface area contributed by atoms with Gasteiger partial charge in [-0.1, -0.05) is 35.9 Å². The molecule has 4 aromatic rings. The minimum absolute atomic E-state index is 0.0971. The topological polar surface area (TPSA) is 53.3 Å². The predicted molar refractivity (Wildman–Crippen MR) is 141 cm³/mol. The summed E-state index contributed by atoms with van der Waals surface area (Å²) in [6.07, 6.45) is 2.73. The third-order valence-electron chi connectivity index (χ3n) is 5.92. The van der Waals surface area contributed by atoms with Gasteiger partial charge in [0.2, 0.25) is 0 Å². The van der Waals surface area contributed by atoms with Gasteiger partial charge in [0.25, 0.3) is 0 Å². The van der Waals surface area contributed by atoms with Crippen LogP contribution in [0.3, 0.4) is 0 Å². The van der Waals surface area contributed by atoms with Crippen LogP contribution in [-0.2, 0) is 0 Å². The van der Waals surface area contributed by atoms with Crippen molar-refractivity contribution in [3.05, 3.63) is 108 Å². The molecule has 0 aliphatic carbocycles. The minimum Gasteiger partial charge on any atom is -0.459 e. The van der Waals surface area contributed by atoms with Crippen molar-refractivity contribution < 1.29 is 4.42 Å². The van der Waals surface area contributed by atoms with Crippen molar-refractivity contribution in [2.24, 2.45) is 0 Å². The molecule has 0 amide bonds. The molecule has 0 unspecified atom stereocenters. The third kappa shape index (κ3) is 4.93. The van der Waals surface area contributed by atoms with E-state index in [9.17, 15) is 0 Å². The number of benzene rings is 2. The van der Waals surface area contributed by atoms with E-state index >= 15 is 0 Å². The lowest BCUT2D eigenvalue weighted by atomic mass is 10.0. The standard InChI is InChI=1S/C27H25ClN4OS/c28-20-12-10-19(11-13-20)23-14-15-24(33-23)26-25(22-9-4-5-16-30-22)31-27(34)32(26)18-6-17-29-21-7-2-1-3-8-21/h1-5,7-16,25-26,29H,6,17-18H2,(H,31,34)/t25-,26-/m1/s1. The first kappa shape index (κ1) is 22.4. The van der Waals surface area contributed by atoms with Crippen LogP contribution in [0, 0.1) is 0 Å². The lowest BCUT2D eigenvalue weighted by molar-refractivity contribution is 0.274. The maximum atomic E-state index is 6.37. The second-order valence-electron chi connectivity index (χ2n) is 8.18. The van der Waals surface area contributed by atoms with Gasteiger partial charge in [-0.15, -0.1) is 0 Å². The Morgan fingerprint density at radius 3 is 2.53 bits per heavy atom. The molecule has 172 valence electrons. The van der Waals surface area contributed by atoms with Gasteiger partial charge in [0.05, 0.1) is 11.7 Å². The molecule has 5 nitrogen and oxygen atoms in total. The van der Waals surface area contributed by atoms with Crippen LogP contribution in [0.25, 0.3) is 11.3 Å². The summed E-state index contributed by atoms with van der Waals surface area (Å²) < 4.78 is 6.37. The van der Waals surface area contributed by atoms with Gasteiger partial charge in [0.1, 0.15) is 17.6 Å². The summed E-state index contributed by atoms with van der Waals surface area (Å²) in [6.45, 7) is 1.63. The van der Waals surface area contributed by atoms with E-state index in [-0.39, 0.29) is 12.1 Å². The van der Waals surface area contributed by atoms with E-state index in [0.717, 1.165) is 48.0 Å². The van der Waals surface area contributed by atoms with Gasteiger partial charge < -0.3 is 20.0 Å². The molecule has 2 atom stereocenters. The van der Waals surface area contributed by atoms with Gasteiger partial charge in [-0.05, 0) is 79.3 Å². The Balaban J connectivity index is 1.37. The van der Waals surface area contributed by atoms with Crippen LogP contribution in [0.1, 0.15) is 30.0 Å². The zero-order valence-corrected chi connectivity index (χ0v) is 20.1. The summed E-state index contributed by atoms with van der Waals surface area (Å²) >= 11 is 11.8. The Bertz CT molecular complexity index is 1230. The molecule has 0 saturated carbocycles. The number of furan rings is 1. The number of pyridine rings is 1. The quantitative estimate of drug-likeness (QED) is 0.219. The van der Waals surface area contributed by atoms with E-state index in [1.54, 1.807) is 0 Å². The summed E-state index contributed by atoms with van der Waals surface area (Å²) in [4.78, 5) is 6.81. The molecule has 2 aromatic carbocycles. The third-order valence-corrected chi connectivity index (χ3v) is 6.53. The van der Waals surface area contributed by atoms with Crippen molar-refractivity contribution in [1.29, 1.82) is 0 Å². The number of thiocarbonyl (C=S) groups is 1. The van der Waals surface area contributed by atoms with Crippen LogP contribution in [0.15, 0.2) is 95.5 Å². The predicted octanol–water partition coefficient (Wildman–Crippen LogP) is 6.47. The SMILES string of the molecule is S=C1N[C@H](c2ccccn2)[C@@H](c2ccc(-c3ccc(Cl)cc3)o2)N1CCCNc1ccccc1. The first-order valence-corrected chi connectivity index (χ1v) is 12.1. The molecule has 0 spiro atoms. The van der Waals surface area contributed by atoms with Crippen LogP contribution in [-0.4, -0.2) is 28.1 Å². The first-order valence-electron chi connectivity index (χ1n) is 11.3. The minimum atomic E-state index is -0.0972. The highest BCUT2D eigenvalue weighted by Gasteiger charge is 2.41. The summed E-state index contributed by atoms with van der Waals surface area (Å²) in [5.74, 6) is 1.65. The zero-order valence-electron chi connectivity index (χ0n) is 18.5.